The van der Waals surface area contributed by atoms with Crippen LogP contribution in [0.5, 0.6) is 0 Å². The highest BCUT2D eigenvalue weighted by atomic mass is 19.1. The van der Waals surface area contributed by atoms with E-state index in [2.05, 4.69) is 6.07 Å². The Kier molecular flexibility index (Phi) is 4.17. The summed E-state index contributed by atoms with van der Waals surface area (Å²) >= 11 is 0. The van der Waals surface area contributed by atoms with Crippen LogP contribution in [0.15, 0.2) is 24.3 Å². The van der Waals surface area contributed by atoms with Crippen molar-refractivity contribution in [1.29, 1.82) is 5.26 Å². The summed E-state index contributed by atoms with van der Waals surface area (Å²) in [6.45, 7) is 5.69. The molecule has 1 aromatic carbocycles. The number of benzene rings is 1. The van der Waals surface area contributed by atoms with Crippen molar-refractivity contribution in [2.75, 3.05) is 6.54 Å². The molecule has 2 atom stereocenters. The first-order chi connectivity index (χ1) is 9.80. The van der Waals surface area contributed by atoms with Gasteiger partial charge < -0.3 is 4.74 Å². The second-order valence-corrected chi connectivity index (χ2v) is 6.27. The molecule has 1 saturated heterocycles. The van der Waals surface area contributed by atoms with E-state index in [0.717, 1.165) is 0 Å². The average molecular weight is 290 g/mol. The fourth-order valence-electron chi connectivity index (χ4n) is 2.48. The third-order valence-electron chi connectivity index (χ3n) is 3.35. The number of ether oxygens (including phenoxy) is 1. The Morgan fingerprint density at radius 1 is 1.48 bits per heavy atom. The SMILES string of the molecule is CC(C)(C)OC(=O)N1C[C@@H](C#N)CC1c1cccc(F)c1. The highest BCUT2D eigenvalue weighted by Gasteiger charge is 2.38. The Balaban J connectivity index is 2.25. The lowest BCUT2D eigenvalue weighted by Crippen LogP contribution is -2.36. The first-order valence-electron chi connectivity index (χ1n) is 6.95. The minimum Gasteiger partial charge on any atom is -0.444 e. The fraction of sp³-hybridized carbons (Fsp3) is 0.500. The Morgan fingerprint density at radius 2 is 2.19 bits per heavy atom. The van der Waals surface area contributed by atoms with Crippen molar-refractivity contribution < 1.29 is 13.9 Å². The van der Waals surface area contributed by atoms with Crippen molar-refractivity contribution in [3.05, 3.63) is 35.6 Å². The van der Waals surface area contributed by atoms with Gasteiger partial charge in [0.2, 0.25) is 0 Å². The molecular formula is C16H19FN2O2. The average Bonchev–Trinajstić information content (AvgIpc) is 2.81. The zero-order valence-electron chi connectivity index (χ0n) is 12.5. The van der Waals surface area contributed by atoms with E-state index in [9.17, 15) is 9.18 Å². The predicted octanol–water partition coefficient (Wildman–Crippen LogP) is 3.65. The molecule has 4 nitrogen and oxygen atoms in total. The maximum absolute atomic E-state index is 13.4. The van der Waals surface area contributed by atoms with Crippen LogP contribution in [-0.4, -0.2) is 23.1 Å². The molecule has 0 spiro atoms. The minimum absolute atomic E-state index is 0.259. The summed E-state index contributed by atoms with van der Waals surface area (Å²) in [6.07, 6.45) is 0.0358. The van der Waals surface area contributed by atoms with E-state index >= 15 is 0 Å². The number of hydrogen-bond donors (Lipinski definition) is 0. The molecule has 1 heterocycles. The molecule has 5 heteroatoms. The monoisotopic (exact) mass is 290 g/mol. The molecule has 1 aromatic rings. The lowest BCUT2D eigenvalue weighted by Gasteiger charge is -2.28. The summed E-state index contributed by atoms with van der Waals surface area (Å²) in [5.74, 6) is -0.608. The van der Waals surface area contributed by atoms with Gasteiger partial charge in [-0.15, -0.1) is 0 Å². The topological polar surface area (TPSA) is 53.3 Å². The van der Waals surface area contributed by atoms with Gasteiger partial charge in [-0.2, -0.15) is 5.26 Å². The van der Waals surface area contributed by atoms with Gasteiger partial charge >= 0.3 is 6.09 Å². The van der Waals surface area contributed by atoms with E-state index in [1.807, 2.05) is 0 Å². The molecule has 0 aliphatic carbocycles. The summed E-state index contributed by atoms with van der Waals surface area (Å²) in [6, 6.07) is 8.00. The van der Waals surface area contributed by atoms with E-state index in [-0.39, 0.29) is 17.8 Å². The lowest BCUT2D eigenvalue weighted by atomic mass is 10.0. The molecule has 0 bridgehead atoms. The number of carbonyl (C=O) groups excluding carboxylic acids is 1. The van der Waals surface area contributed by atoms with E-state index in [4.69, 9.17) is 10.00 Å². The van der Waals surface area contributed by atoms with Gasteiger partial charge in [0, 0.05) is 6.54 Å². The first kappa shape index (κ1) is 15.3. The molecule has 1 aliphatic heterocycles. The summed E-state index contributed by atoms with van der Waals surface area (Å²) in [7, 11) is 0. The van der Waals surface area contributed by atoms with E-state index in [1.54, 1.807) is 32.9 Å². The van der Waals surface area contributed by atoms with Gasteiger partial charge in [-0.05, 0) is 44.9 Å². The molecule has 0 radical (unpaired) electrons. The zero-order valence-corrected chi connectivity index (χ0v) is 12.5. The molecule has 1 aliphatic rings. The van der Waals surface area contributed by atoms with Crippen LogP contribution in [0.25, 0.3) is 0 Å². The van der Waals surface area contributed by atoms with Crippen LogP contribution in [-0.2, 0) is 4.74 Å². The molecule has 0 aromatic heterocycles. The number of nitrogens with zero attached hydrogens (tertiary/aromatic N) is 2. The third kappa shape index (κ3) is 3.72. The van der Waals surface area contributed by atoms with E-state index in [1.165, 1.54) is 17.0 Å². The van der Waals surface area contributed by atoms with Crippen molar-refractivity contribution in [3.8, 4) is 6.07 Å². The number of nitriles is 1. The largest absolute Gasteiger partial charge is 0.444 e. The smallest absolute Gasteiger partial charge is 0.410 e. The molecule has 1 fully saturated rings. The quantitative estimate of drug-likeness (QED) is 0.793. The standard InChI is InChI=1S/C16H19FN2O2/c1-16(2,3)21-15(20)19-10-11(9-18)7-14(19)12-5-4-6-13(17)8-12/h4-6,8,11,14H,7,10H2,1-3H3/t11-,14?/m1/s1. The predicted molar refractivity (Wildman–Crippen MR) is 75.8 cm³/mol. The molecular weight excluding hydrogens is 271 g/mol. The number of amides is 1. The van der Waals surface area contributed by atoms with Crippen molar-refractivity contribution in [1.82, 2.24) is 4.90 Å². The Bertz CT molecular complexity index is 574. The highest BCUT2D eigenvalue weighted by molar-refractivity contribution is 5.69. The van der Waals surface area contributed by atoms with Crippen LogP contribution in [0.4, 0.5) is 9.18 Å². The summed E-state index contributed by atoms with van der Waals surface area (Å²) in [5, 5.41) is 9.11. The van der Waals surface area contributed by atoms with Crippen LogP contribution in [0.3, 0.4) is 0 Å². The van der Waals surface area contributed by atoms with Crippen LogP contribution in [0.2, 0.25) is 0 Å². The fourth-order valence-corrected chi connectivity index (χ4v) is 2.48. The third-order valence-corrected chi connectivity index (χ3v) is 3.35. The normalized spacial score (nSPS) is 22.0. The Morgan fingerprint density at radius 3 is 2.76 bits per heavy atom. The van der Waals surface area contributed by atoms with Gasteiger partial charge in [0.15, 0.2) is 0 Å². The number of likely N-dealkylation sites (tertiary alicyclic amines) is 1. The molecule has 1 amide bonds. The van der Waals surface area contributed by atoms with Crippen LogP contribution >= 0.6 is 0 Å². The maximum Gasteiger partial charge on any atom is 0.410 e. The number of carbonyl (C=O) groups is 1. The van der Waals surface area contributed by atoms with Crippen molar-refractivity contribution in [2.24, 2.45) is 5.92 Å². The highest BCUT2D eigenvalue weighted by Crippen LogP contribution is 2.36. The van der Waals surface area contributed by atoms with Crippen molar-refractivity contribution in [2.45, 2.75) is 38.8 Å². The first-order valence-corrected chi connectivity index (χ1v) is 6.95. The number of rotatable bonds is 1. The second kappa shape index (κ2) is 5.72. The molecule has 112 valence electrons. The van der Waals surface area contributed by atoms with Gasteiger partial charge in [0.1, 0.15) is 11.4 Å². The molecule has 2 rings (SSSR count). The van der Waals surface area contributed by atoms with Gasteiger partial charge in [0.25, 0.3) is 0 Å². The van der Waals surface area contributed by atoms with Gasteiger partial charge in [-0.3, -0.25) is 4.90 Å². The Hall–Kier alpha value is -2.09. The maximum atomic E-state index is 13.4. The molecule has 21 heavy (non-hydrogen) atoms. The van der Waals surface area contributed by atoms with Gasteiger partial charge in [0.05, 0.1) is 18.0 Å². The Labute approximate surface area is 124 Å². The van der Waals surface area contributed by atoms with Crippen molar-refractivity contribution >= 4 is 6.09 Å². The van der Waals surface area contributed by atoms with Crippen LogP contribution < -0.4 is 0 Å². The second-order valence-electron chi connectivity index (χ2n) is 6.27. The number of halogens is 1. The van der Waals surface area contributed by atoms with Crippen molar-refractivity contribution in [3.63, 3.8) is 0 Å². The van der Waals surface area contributed by atoms with Crippen LogP contribution in [0, 0.1) is 23.1 Å². The molecule has 0 saturated carbocycles. The zero-order chi connectivity index (χ0) is 15.6. The van der Waals surface area contributed by atoms with Crippen LogP contribution in [0.1, 0.15) is 38.8 Å². The minimum atomic E-state index is -0.603. The lowest BCUT2D eigenvalue weighted by molar-refractivity contribution is 0.0221. The summed E-state index contributed by atoms with van der Waals surface area (Å²) in [4.78, 5) is 13.8. The number of hydrogen-bond acceptors (Lipinski definition) is 3. The van der Waals surface area contributed by atoms with E-state index in [0.29, 0.717) is 18.5 Å². The van der Waals surface area contributed by atoms with Gasteiger partial charge in [-0.25, -0.2) is 9.18 Å². The van der Waals surface area contributed by atoms with E-state index < -0.39 is 11.7 Å². The summed E-state index contributed by atoms with van der Waals surface area (Å²) in [5.41, 5.74) is 0.0903. The summed E-state index contributed by atoms with van der Waals surface area (Å²) < 4.78 is 18.8. The molecule has 0 N–H and O–H groups in total. The van der Waals surface area contributed by atoms with Gasteiger partial charge in [-0.1, -0.05) is 12.1 Å². The molecule has 1 unspecified atom stereocenters.